The van der Waals surface area contributed by atoms with E-state index in [0.717, 1.165) is 16.3 Å². The number of ether oxygens (including phenoxy) is 2. The largest absolute Gasteiger partial charge is 0.493 e. The highest BCUT2D eigenvalue weighted by Gasteiger charge is 2.36. The summed E-state index contributed by atoms with van der Waals surface area (Å²) >= 11 is 3.24. The number of nitrogens with one attached hydrogen (secondary N) is 1. The van der Waals surface area contributed by atoms with Crippen LogP contribution in [0.2, 0.25) is 0 Å². The molecular formula is C30H27BrN2O6S. The van der Waals surface area contributed by atoms with E-state index in [1.807, 2.05) is 38.1 Å². The van der Waals surface area contributed by atoms with Gasteiger partial charge in [0.25, 0.3) is 15.9 Å². The molecule has 1 aliphatic rings. The fraction of sp³-hybridized carbons (Fsp3) is 0.200. The highest BCUT2D eigenvalue weighted by atomic mass is 79.9. The van der Waals surface area contributed by atoms with Crippen LogP contribution in [-0.4, -0.2) is 33.4 Å². The molecule has 1 heterocycles. The second-order valence-corrected chi connectivity index (χ2v) is 11.7. The zero-order valence-corrected chi connectivity index (χ0v) is 24.3. The molecule has 0 fully saturated rings. The predicted octanol–water partition coefficient (Wildman–Crippen LogP) is 5.61. The molecule has 4 aromatic rings. The van der Waals surface area contributed by atoms with E-state index in [-0.39, 0.29) is 17.2 Å². The molecule has 0 bridgehead atoms. The summed E-state index contributed by atoms with van der Waals surface area (Å²) in [5, 5.41) is 1.71. The van der Waals surface area contributed by atoms with Crippen LogP contribution < -0.4 is 19.1 Å². The first kappa shape index (κ1) is 27.7. The fourth-order valence-electron chi connectivity index (χ4n) is 4.84. The molecule has 0 atom stereocenters. The number of carbonyl (C=O) groups excluding carboxylic acids is 2. The highest BCUT2D eigenvalue weighted by molar-refractivity contribution is 9.10. The van der Waals surface area contributed by atoms with Crippen LogP contribution >= 0.6 is 15.9 Å². The molecule has 2 amide bonds. The van der Waals surface area contributed by atoms with Crippen molar-refractivity contribution >= 4 is 54.2 Å². The summed E-state index contributed by atoms with van der Waals surface area (Å²) in [6, 6.07) is 20.8. The van der Waals surface area contributed by atoms with Gasteiger partial charge in [0, 0.05) is 26.5 Å². The minimum Gasteiger partial charge on any atom is -0.493 e. The van der Waals surface area contributed by atoms with Gasteiger partial charge in [-0.1, -0.05) is 58.4 Å². The molecule has 8 nitrogen and oxygen atoms in total. The van der Waals surface area contributed by atoms with Crippen molar-refractivity contribution in [3.63, 3.8) is 0 Å². The van der Waals surface area contributed by atoms with E-state index in [9.17, 15) is 18.0 Å². The van der Waals surface area contributed by atoms with Gasteiger partial charge in [-0.2, -0.15) is 0 Å². The summed E-state index contributed by atoms with van der Waals surface area (Å²) in [7, 11) is -4.00. The standard InChI is InChI=1S/C30H27BrN2O6S/c1-3-38-28-23-10-5-6-11-24(23)29(39-4-2)27-25(28)18-33(30(27)35)21-14-12-19(13-15-21)16-26(34)32-40(36,37)22-9-7-8-20(31)17-22/h5-15,17H,3-4,16,18H2,1-2H3,(H,32,34). The van der Waals surface area contributed by atoms with Crippen molar-refractivity contribution in [3.8, 4) is 11.5 Å². The van der Waals surface area contributed by atoms with Crippen LogP contribution in [-0.2, 0) is 27.8 Å². The molecule has 1 N–H and O–H groups in total. The van der Waals surface area contributed by atoms with Gasteiger partial charge in [0.2, 0.25) is 5.91 Å². The fourth-order valence-corrected chi connectivity index (χ4v) is 6.42. The summed E-state index contributed by atoms with van der Waals surface area (Å²) in [6.07, 6.45) is -0.143. The Bertz CT molecular complexity index is 1720. The van der Waals surface area contributed by atoms with Crippen LogP contribution in [0, 0.1) is 0 Å². The SMILES string of the molecule is CCOc1c2c(c(OCC)c3ccccc13)C(=O)N(c1ccc(CC(=O)NS(=O)(=O)c3cccc(Br)c3)cc1)C2. The zero-order valence-electron chi connectivity index (χ0n) is 21.9. The number of nitrogens with zero attached hydrogens (tertiary/aromatic N) is 1. The van der Waals surface area contributed by atoms with Crippen LogP contribution in [0.15, 0.2) is 82.2 Å². The number of hydrogen-bond acceptors (Lipinski definition) is 6. The third-order valence-electron chi connectivity index (χ3n) is 6.54. The molecule has 10 heteroatoms. The summed E-state index contributed by atoms with van der Waals surface area (Å²) in [4.78, 5) is 27.9. The average molecular weight is 624 g/mol. The molecule has 0 aromatic heterocycles. The summed E-state index contributed by atoms with van der Waals surface area (Å²) < 4.78 is 39.9. The van der Waals surface area contributed by atoms with Gasteiger partial charge in [0.05, 0.1) is 36.6 Å². The van der Waals surface area contributed by atoms with Crippen LogP contribution in [0.3, 0.4) is 0 Å². The summed E-state index contributed by atoms with van der Waals surface area (Å²) in [6.45, 7) is 4.95. The highest BCUT2D eigenvalue weighted by Crippen LogP contribution is 2.46. The molecule has 0 aliphatic carbocycles. The van der Waals surface area contributed by atoms with E-state index < -0.39 is 15.9 Å². The number of fused-ring (bicyclic) bond motifs is 2. The third-order valence-corrected chi connectivity index (χ3v) is 8.40. The molecule has 0 saturated carbocycles. The molecule has 4 aromatic carbocycles. The van der Waals surface area contributed by atoms with E-state index in [2.05, 4.69) is 20.7 Å². The molecule has 0 radical (unpaired) electrons. The molecule has 40 heavy (non-hydrogen) atoms. The maximum Gasteiger partial charge on any atom is 0.264 e. The number of halogens is 1. The normalized spacial score (nSPS) is 12.9. The molecule has 1 aliphatic heterocycles. The monoisotopic (exact) mass is 622 g/mol. The number of benzene rings is 4. The minimum absolute atomic E-state index is 0.0109. The number of hydrogen-bond donors (Lipinski definition) is 1. The Morgan fingerprint density at radius 3 is 2.23 bits per heavy atom. The molecule has 0 unspecified atom stereocenters. The van der Waals surface area contributed by atoms with Crippen LogP contribution in [0.5, 0.6) is 11.5 Å². The Kier molecular flexibility index (Phi) is 7.82. The van der Waals surface area contributed by atoms with E-state index in [1.54, 1.807) is 41.3 Å². The lowest BCUT2D eigenvalue weighted by Gasteiger charge is -2.16. The van der Waals surface area contributed by atoms with Crippen LogP contribution in [0.4, 0.5) is 5.69 Å². The minimum atomic E-state index is -4.00. The van der Waals surface area contributed by atoms with Crippen molar-refractivity contribution in [1.82, 2.24) is 4.72 Å². The lowest BCUT2D eigenvalue weighted by atomic mass is 9.99. The second kappa shape index (κ2) is 11.3. The van der Waals surface area contributed by atoms with Crippen molar-refractivity contribution in [3.05, 3.63) is 94.0 Å². The van der Waals surface area contributed by atoms with Crippen molar-refractivity contribution in [2.24, 2.45) is 0 Å². The van der Waals surface area contributed by atoms with Crippen LogP contribution in [0.1, 0.15) is 35.3 Å². The molecule has 5 rings (SSSR count). The summed E-state index contributed by atoms with van der Waals surface area (Å²) in [5.41, 5.74) is 2.51. The van der Waals surface area contributed by atoms with Gasteiger partial charge in [-0.25, -0.2) is 13.1 Å². The van der Waals surface area contributed by atoms with Gasteiger partial charge < -0.3 is 14.4 Å². The Morgan fingerprint density at radius 1 is 0.925 bits per heavy atom. The average Bonchev–Trinajstić information content (AvgIpc) is 3.27. The Hall–Kier alpha value is -3.89. The van der Waals surface area contributed by atoms with E-state index in [0.29, 0.717) is 52.5 Å². The van der Waals surface area contributed by atoms with Crippen molar-refractivity contribution < 1.29 is 27.5 Å². The van der Waals surface area contributed by atoms with Gasteiger partial charge >= 0.3 is 0 Å². The first-order valence-electron chi connectivity index (χ1n) is 12.8. The first-order chi connectivity index (χ1) is 19.2. The topological polar surface area (TPSA) is 102 Å². The maximum absolute atomic E-state index is 13.7. The Balaban J connectivity index is 1.38. The summed E-state index contributed by atoms with van der Waals surface area (Å²) in [5.74, 6) is 0.360. The van der Waals surface area contributed by atoms with E-state index in [4.69, 9.17) is 9.47 Å². The van der Waals surface area contributed by atoms with Gasteiger partial charge in [0.1, 0.15) is 11.5 Å². The Morgan fingerprint density at radius 2 is 1.57 bits per heavy atom. The smallest absolute Gasteiger partial charge is 0.264 e. The molecule has 0 spiro atoms. The van der Waals surface area contributed by atoms with Crippen molar-refractivity contribution in [1.29, 1.82) is 0 Å². The number of sulfonamides is 1. The van der Waals surface area contributed by atoms with Gasteiger partial charge in [-0.3, -0.25) is 9.59 Å². The predicted molar refractivity (Wildman–Crippen MR) is 156 cm³/mol. The third kappa shape index (κ3) is 5.29. The van der Waals surface area contributed by atoms with Crippen molar-refractivity contribution in [2.75, 3.05) is 18.1 Å². The number of rotatable bonds is 9. The lowest BCUT2D eigenvalue weighted by molar-refractivity contribution is -0.118. The first-order valence-corrected chi connectivity index (χ1v) is 15.1. The van der Waals surface area contributed by atoms with Gasteiger partial charge in [-0.15, -0.1) is 0 Å². The number of amides is 2. The molecule has 0 saturated heterocycles. The zero-order chi connectivity index (χ0) is 28.4. The van der Waals surface area contributed by atoms with E-state index >= 15 is 0 Å². The van der Waals surface area contributed by atoms with Crippen LogP contribution in [0.25, 0.3) is 10.8 Å². The number of anilines is 1. The molecular weight excluding hydrogens is 596 g/mol. The second-order valence-electron chi connectivity index (χ2n) is 9.14. The maximum atomic E-state index is 13.7. The van der Waals surface area contributed by atoms with Crippen molar-refractivity contribution in [2.45, 2.75) is 31.7 Å². The van der Waals surface area contributed by atoms with Gasteiger partial charge in [0.15, 0.2) is 0 Å². The Labute approximate surface area is 241 Å². The van der Waals surface area contributed by atoms with E-state index in [1.165, 1.54) is 12.1 Å². The lowest BCUT2D eigenvalue weighted by Crippen LogP contribution is -2.31. The quantitative estimate of drug-likeness (QED) is 0.260. The van der Waals surface area contributed by atoms with Gasteiger partial charge in [-0.05, 0) is 49.7 Å². The number of carbonyl (C=O) groups is 2. The molecule has 206 valence electrons.